The van der Waals surface area contributed by atoms with Crippen molar-refractivity contribution in [3.63, 3.8) is 0 Å². The number of rotatable bonds is 5. The fourth-order valence-corrected chi connectivity index (χ4v) is 2.97. The molecule has 1 fully saturated rings. The molecule has 1 atom stereocenters. The van der Waals surface area contributed by atoms with Gasteiger partial charge in [0.25, 0.3) is 5.91 Å². The van der Waals surface area contributed by atoms with Crippen molar-refractivity contribution in [2.24, 2.45) is 11.3 Å². The van der Waals surface area contributed by atoms with Crippen molar-refractivity contribution >= 4 is 5.91 Å². The molecule has 0 saturated heterocycles. The Hall–Kier alpha value is -0.990. The Morgan fingerprint density at radius 2 is 2.05 bits per heavy atom. The first-order chi connectivity index (χ1) is 8.89. The van der Waals surface area contributed by atoms with Crippen LogP contribution in [-0.2, 0) is 4.79 Å². The average Bonchev–Trinajstić information content (AvgIpc) is 3.17. The monoisotopic (exact) mass is 265 g/mol. The molecule has 1 amide bonds. The highest BCUT2D eigenvalue weighted by atomic mass is 16.3. The normalized spacial score (nSPS) is 28.5. The number of aliphatic hydroxyl groups is 1. The van der Waals surface area contributed by atoms with Gasteiger partial charge in [0.1, 0.15) is 5.76 Å². The van der Waals surface area contributed by atoms with Crippen LogP contribution in [0.25, 0.3) is 0 Å². The number of hydrogen-bond donors (Lipinski definition) is 1. The smallest absolute Gasteiger partial charge is 0.253 e. The fourth-order valence-electron chi connectivity index (χ4n) is 2.97. The van der Waals surface area contributed by atoms with Crippen molar-refractivity contribution in [1.29, 1.82) is 0 Å². The zero-order valence-corrected chi connectivity index (χ0v) is 12.7. The summed E-state index contributed by atoms with van der Waals surface area (Å²) in [6.45, 7) is 9.18. The lowest BCUT2D eigenvalue weighted by molar-refractivity contribution is -0.131. The van der Waals surface area contributed by atoms with E-state index in [1.807, 2.05) is 11.8 Å². The predicted octanol–water partition coefficient (Wildman–Crippen LogP) is 3.66. The van der Waals surface area contributed by atoms with Crippen molar-refractivity contribution in [2.45, 2.75) is 65.8 Å². The second-order valence-corrected chi connectivity index (χ2v) is 6.84. The fraction of sp³-hybridized carbons (Fsp3) is 0.812. The summed E-state index contributed by atoms with van der Waals surface area (Å²) < 4.78 is 0. The summed E-state index contributed by atoms with van der Waals surface area (Å²) in [5.41, 5.74) is 0.399. The first-order valence-electron chi connectivity index (χ1n) is 7.62. The predicted molar refractivity (Wildman–Crippen MR) is 76.9 cm³/mol. The Balaban J connectivity index is 2.25. The van der Waals surface area contributed by atoms with Gasteiger partial charge < -0.3 is 10.0 Å². The number of aliphatic hydroxyl groups excluding tert-OH is 1. The summed E-state index contributed by atoms with van der Waals surface area (Å²) in [5, 5.41) is 10.5. The van der Waals surface area contributed by atoms with Crippen LogP contribution in [0.5, 0.6) is 0 Å². The third-order valence-corrected chi connectivity index (χ3v) is 4.51. The maximum atomic E-state index is 12.4. The van der Waals surface area contributed by atoms with Gasteiger partial charge >= 0.3 is 0 Å². The molecular weight excluding hydrogens is 238 g/mol. The van der Waals surface area contributed by atoms with E-state index in [-0.39, 0.29) is 11.3 Å². The van der Waals surface area contributed by atoms with E-state index in [0.29, 0.717) is 36.3 Å². The van der Waals surface area contributed by atoms with Crippen LogP contribution < -0.4 is 0 Å². The highest BCUT2D eigenvalue weighted by Gasteiger charge is 2.45. The number of nitrogens with zero attached hydrogens (tertiary/aromatic N) is 1. The van der Waals surface area contributed by atoms with Gasteiger partial charge in [-0.15, -0.1) is 0 Å². The van der Waals surface area contributed by atoms with Gasteiger partial charge in [-0.3, -0.25) is 4.79 Å². The Morgan fingerprint density at radius 1 is 1.42 bits per heavy atom. The lowest BCUT2D eigenvalue weighted by atomic mass is 9.76. The standard InChI is InChI=1S/C16H27NO2/c1-5-13-14(18)16(4,9-8-11(2)3)10-17(15(13)19)12-6-7-12/h11-12,18H,5-10H2,1-4H3. The molecule has 0 radical (unpaired) electrons. The van der Waals surface area contributed by atoms with Crippen molar-refractivity contribution in [1.82, 2.24) is 4.90 Å². The summed E-state index contributed by atoms with van der Waals surface area (Å²) >= 11 is 0. The molecule has 108 valence electrons. The van der Waals surface area contributed by atoms with Gasteiger partial charge in [0, 0.05) is 18.0 Å². The first kappa shape index (κ1) is 14.4. The third-order valence-electron chi connectivity index (χ3n) is 4.51. The highest BCUT2D eigenvalue weighted by Crippen LogP contribution is 2.43. The van der Waals surface area contributed by atoms with Crippen LogP contribution in [0, 0.1) is 11.3 Å². The van der Waals surface area contributed by atoms with Crippen molar-refractivity contribution in [2.75, 3.05) is 6.54 Å². The van der Waals surface area contributed by atoms with E-state index in [1.54, 1.807) is 0 Å². The minimum absolute atomic E-state index is 0.0736. The topological polar surface area (TPSA) is 40.5 Å². The molecule has 0 aromatic rings. The molecule has 1 unspecified atom stereocenters. The lowest BCUT2D eigenvalue weighted by Crippen LogP contribution is -2.48. The molecule has 2 rings (SSSR count). The first-order valence-corrected chi connectivity index (χ1v) is 7.62. The largest absolute Gasteiger partial charge is 0.511 e. The van der Waals surface area contributed by atoms with E-state index in [0.717, 1.165) is 25.7 Å². The maximum Gasteiger partial charge on any atom is 0.253 e. The molecule has 3 heteroatoms. The van der Waals surface area contributed by atoms with E-state index in [4.69, 9.17) is 0 Å². The van der Waals surface area contributed by atoms with Gasteiger partial charge in [-0.2, -0.15) is 0 Å². The van der Waals surface area contributed by atoms with E-state index in [1.165, 1.54) is 0 Å². The Labute approximate surface area is 116 Å². The summed E-state index contributed by atoms with van der Waals surface area (Å²) in [6.07, 6.45) is 4.93. The number of amides is 1. The summed E-state index contributed by atoms with van der Waals surface area (Å²) in [6, 6.07) is 0.431. The van der Waals surface area contributed by atoms with E-state index >= 15 is 0 Å². The van der Waals surface area contributed by atoms with E-state index in [2.05, 4.69) is 20.8 Å². The van der Waals surface area contributed by atoms with Crippen molar-refractivity contribution in [3.8, 4) is 0 Å². The molecule has 1 aliphatic heterocycles. The van der Waals surface area contributed by atoms with Crippen LogP contribution in [0.3, 0.4) is 0 Å². The molecule has 0 aromatic heterocycles. The molecule has 1 saturated carbocycles. The Morgan fingerprint density at radius 3 is 2.53 bits per heavy atom. The summed E-state index contributed by atoms with van der Waals surface area (Å²) in [7, 11) is 0. The summed E-state index contributed by atoms with van der Waals surface area (Å²) in [5.74, 6) is 1.06. The minimum atomic E-state index is -0.244. The van der Waals surface area contributed by atoms with Gasteiger partial charge in [-0.25, -0.2) is 0 Å². The lowest BCUT2D eigenvalue weighted by Gasteiger charge is -2.41. The quantitative estimate of drug-likeness (QED) is 0.824. The highest BCUT2D eigenvalue weighted by molar-refractivity contribution is 5.95. The van der Waals surface area contributed by atoms with Gasteiger partial charge in [-0.1, -0.05) is 27.7 Å². The number of carbonyl (C=O) groups is 1. The van der Waals surface area contributed by atoms with Crippen LogP contribution >= 0.6 is 0 Å². The van der Waals surface area contributed by atoms with E-state index < -0.39 is 0 Å². The molecule has 0 bridgehead atoms. The molecule has 19 heavy (non-hydrogen) atoms. The van der Waals surface area contributed by atoms with Crippen LogP contribution in [0.15, 0.2) is 11.3 Å². The van der Waals surface area contributed by atoms with Crippen LogP contribution in [-0.4, -0.2) is 28.5 Å². The number of carbonyl (C=O) groups excluding carboxylic acids is 1. The molecule has 2 aliphatic rings. The SMILES string of the molecule is CCC1=C(O)C(C)(CCC(C)C)CN(C2CC2)C1=O. The molecule has 0 spiro atoms. The van der Waals surface area contributed by atoms with Crippen LogP contribution in [0.4, 0.5) is 0 Å². The van der Waals surface area contributed by atoms with Gasteiger partial charge in [-0.05, 0) is 38.0 Å². The Kier molecular flexibility index (Phi) is 3.93. The third kappa shape index (κ3) is 2.80. The molecule has 1 aliphatic carbocycles. The molecule has 1 N–H and O–H groups in total. The van der Waals surface area contributed by atoms with Crippen LogP contribution in [0.2, 0.25) is 0 Å². The zero-order valence-electron chi connectivity index (χ0n) is 12.7. The summed E-state index contributed by atoms with van der Waals surface area (Å²) in [4.78, 5) is 14.4. The van der Waals surface area contributed by atoms with Gasteiger partial charge in [0.15, 0.2) is 0 Å². The van der Waals surface area contributed by atoms with Crippen molar-refractivity contribution < 1.29 is 9.90 Å². The zero-order chi connectivity index (χ0) is 14.2. The minimum Gasteiger partial charge on any atom is -0.511 e. The maximum absolute atomic E-state index is 12.4. The molecular formula is C16H27NO2. The average molecular weight is 265 g/mol. The van der Waals surface area contributed by atoms with Crippen molar-refractivity contribution in [3.05, 3.63) is 11.3 Å². The molecule has 1 heterocycles. The second-order valence-electron chi connectivity index (χ2n) is 6.84. The van der Waals surface area contributed by atoms with Gasteiger partial charge in [0.05, 0.1) is 5.57 Å². The van der Waals surface area contributed by atoms with E-state index in [9.17, 15) is 9.90 Å². The molecule has 0 aromatic carbocycles. The number of hydrogen-bond acceptors (Lipinski definition) is 2. The Bertz CT molecular complexity index is 396. The van der Waals surface area contributed by atoms with Gasteiger partial charge in [0.2, 0.25) is 0 Å². The second kappa shape index (κ2) is 5.18. The molecule has 3 nitrogen and oxygen atoms in total. The van der Waals surface area contributed by atoms with Crippen LogP contribution in [0.1, 0.15) is 59.8 Å².